The maximum absolute atomic E-state index is 12.0. The first kappa shape index (κ1) is 34.5. The molecule has 2 atom stereocenters. The summed E-state index contributed by atoms with van der Waals surface area (Å²) in [6.07, 6.45) is 19.7. The van der Waals surface area contributed by atoms with E-state index >= 15 is 0 Å². The Kier molecular flexibility index (Phi) is 15.7. The van der Waals surface area contributed by atoms with E-state index in [9.17, 15) is 15.0 Å². The minimum Gasteiger partial charge on any atom is -0.507 e. The second-order valence-corrected chi connectivity index (χ2v) is 13.9. The van der Waals surface area contributed by atoms with Crippen LogP contribution in [0.15, 0.2) is 12.1 Å². The number of carbonyl (C=O) groups is 1. The zero-order valence-corrected chi connectivity index (χ0v) is 26.4. The van der Waals surface area contributed by atoms with Crippen molar-refractivity contribution in [3.05, 3.63) is 28.8 Å². The Balaban J connectivity index is 2.75. The Morgan fingerprint density at radius 1 is 0.711 bits per heavy atom. The summed E-state index contributed by atoms with van der Waals surface area (Å²) in [6.45, 7) is 17.2. The second kappa shape index (κ2) is 17.2. The molecule has 0 heterocycles. The molecule has 2 N–H and O–H groups in total. The van der Waals surface area contributed by atoms with Crippen LogP contribution in [0.5, 0.6) is 5.75 Å². The number of carboxylic acid groups (broad SMARTS) is 1. The lowest BCUT2D eigenvalue weighted by atomic mass is 9.73. The zero-order valence-electron chi connectivity index (χ0n) is 26.4. The minimum atomic E-state index is -0.735. The van der Waals surface area contributed by atoms with Crippen molar-refractivity contribution in [1.82, 2.24) is 0 Å². The fourth-order valence-electron chi connectivity index (χ4n) is 5.87. The highest BCUT2D eigenvalue weighted by Gasteiger charge is 2.31. The van der Waals surface area contributed by atoms with E-state index < -0.39 is 5.97 Å². The van der Waals surface area contributed by atoms with Gasteiger partial charge in [-0.2, -0.15) is 0 Å². The van der Waals surface area contributed by atoms with Gasteiger partial charge >= 0.3 is 5.97 Å². The molecule has 0 amide bonds. The van der Waals surface area contributed by atoms with Crippen LogP contribution in [0.1, 0.15) is 181 Å². The smallest absolute Gasteiger partial charge is 0.303 e. The summed E-state index contributed by atoms with van der Waals surface area (Å²) < 4.78 is 0. The fourth-order valence-corrected chi connectivity index (χ4v) is 5.87. The van der Waals surface area contributed by atoms with Crippen molar-refractivity contribution in [2.75, 3.05) is 0 Å². The predicted molar refractivity (Wildman–Crippen MR) is 165 cm³/mol. The number of phenols is 1. The SMILES string of the molecule is CCCCCCCCCCCCCCCC(CC)C(CC(=O)O)c1cc(C(C)(C)C)c(O)c(C(C)(C)C)c1. The lowest BCUT2D eigenvalue weighted by Crippen LogP contribution is -2.21. The lowest BCUT2D eigenvalue weighted by molar-refractivity contribution is -0.137. The maximum atomic E-state index is 12.0. The van der Waals surface area contributed by atoms with Gasteiger partial charge in [-0.3, -0.25) is 4.79 Å². The number of benzene rings is 1. The van der Waals surface area contributed by atoms with E-state index in [1.165, 1.54) is 83.5 Å². The van der Waals surface area contributed by atoms with Gasteiger partial charge in [0.25, 0.3) is 0 Å². The zero-order chi connectivity index (χ0) is 28.8. The van der Waals surface area contributed by atoms with Crippen LogP contribution < -0.4 is 0 Å². The van der Waals surface area contributed by atoms with Crippen LogP contribution in [-0.2, 0) is 15.6 Å². The van der Waals surface area contributed by atoms with Gasteiger partial charge in [-0.15, -0.1) is 0 Å². The second-order valence-electron chi connectivity index (χ2n) is 13.9. The summed E-state index contributed by atoms with van der Waals surface area (Å²) in [5, 5.41) is 21.0. The molecule has 0 saturated carbocycles. The van der Waals surface area contributed by atoms with Gasteiger partial charge in [-0.1, -0.05) is 157 Å². The largest absolute Gasteiger partial charge is 0.507 e. The number of rotatable bonds is 19. The number of hydrogen-bond acceptors (Lipinski definition) is 2. The molecule has 0 aliphatic rings. The Labute approximate surface area is 236 Å². The number of aromatic hydroxyl groups is 1. The molecule has 1 aromatic rings. The van der Waals surface area contributed by atoms with Gasteiger partial charge < -0.3 is 10.2 Å². The van der Waals surface area contributed by atoms with E-state index in [-0.39, 0.29) is 23.2 Å². The lowest BCUT2D eigenvalue weighted by Gasteiger charge is -2.32. The van der Waals surface area contributed by atoms with Gasteiger partial charge in [-0.05, 0) is 45.8 Å². The molecule has 3 nitrogen and oxygen atoms in total. The van der Waals surface area contributed by atoms with Crippen LogP contribution >= 0.6 is 0 Å². The average molecular weight is 531 g/mol. The van der Waals surface area contributed by atoms with Crippen LogP contribution in [0.2, 0.25) is 0 Å². The number of aliphatic carboxylic acids is 1. The monoisotopic (exact) mass is 530 g/mol. The molecule has 0 fully saturated rings. The minimum absolute atomic E-state index is 0.0300. The molecule has 0 aliphatic carbocycles. The first-order valence-corrected chi connectivity index (χ1v) is 15.9. The van der Waals surface area contributed by atoms with Crippen LogP contribution in [-0.4, -0.2) is 16.2 Å². The molecule has 38 heavy (non-hydrogen) atoms. The molecule has 0 bridgehead atoms. The van der Waals surface area contributed by atoms with E-state index in [4.69, 9.17) is 0 Å². The van der Waals surface area contributed by atoms with E-state index in [2.05, 4.69) is 67.5 Å². The van der Waals surface area contributed by atoms with Gasteiger partial charge in [0.1, 0.15) is 5.75 Å². The van der Waals surface area contributed by atoms with Gasteiger partial charge in [0.05, 0.1) is 6.42 Å². The maximum Gasteiger partial charge on any atom is 0.303 e. The van der Waals surface area contributed by atoms with E-state index in [0.717, 1.165) is 29.5 Å². The van der Waals surface area contributed by atoms with E-state index in [0.29, 0.717) is 11.7 Å². The van der Waals surface area contributed by atoms with Crippen LogP contribution in [0.25, 0.3) is 0 Å². The molecular weight excluding hydrogens is 468 g/mol. The van der Waals surface area contributed by atoms with Crippen LogP contribution in [0, 0.1) is 5.92 Å². The summed E-state index contributed by atoms with van der Waals surface area (Å²) in [5.41, 5.74) is 2.49. The van der Waals surface area contributed by atoms with Gasteiger partial charge in [0.15, 0.2) is 0 Å². The summed E-state index contributed by atoms with van der Waals surface area (Å²) in [6, 6.07) is 4.20. The molecule has 0 radical (unpaired) electrons. The predicted octanol–water partition coefficient (Wildman–Crippen LogP) is 11.1. The first-order valence-electron chi connectivity index (χ1n) is 15.9. The molecular formula is C35H62O3. The van der Waals surface area contributed by atoms with Gasteiger partial charge in [0.2, 0.25) is 0 Å². The number of unbranched alkanes of at least 4 members (excludes halogenated alkanes) is 12. The summed E-state index contributed by atoms with van der Waals surface area (Å²) >= 11 is 0. The highest BCUT2D eigenvalue weighted by atomic mass is 16.4. The van der Waals surface area contributed by atoms with Gasteiger partial charge in [0, 0.05) is 0 Å². The third-order valence-electron chi connectivity index (χ3n) is 8.34. The normalized spacial score (nSPS) is 14.0. The standard InChI is InChI=1S/C35H62O3/c1-9-11-12-13-14-15-16-17-18-19-20-21-22-23-27(10-2)29(26-32(36)37)28-24-30(34(3,4)5)33(38)31(25-28)35(6,7)8/h24-25,27,29,38H,9-23,26H2,1-8H3,(H,36,37). The molecule has 0 spiro atoms. The molecule has 0 saturated heterocycles. The van der Waals surface area contributed by atoms with Crippen LogP contribution in [0.4, 0.5) is 0 Å². The average Bonchev–Trinajstić information content (AvgIpc) is 2.82. The first-order chi connectivity index (χ1) is 17.8. The fraction of sp³-hybridized carbons (Fsp3) is 0.800. The summed E-state index contributed by atoms with van der Waals surface area (Å²) in [7, 11) is 0. The third-order valence-corrected chi connectivity index (χ3v) is 8.34. The molecule has 0 aromatic heterocycles. The topological polar surface area (TPSA) is 57.5 Å². The molecule has 1 rings (SSSR count). The molecule has 2 unspecified atom stereocenters. The number of hydrogen-bond donors (Lipinski definition) is 2. The van der Waals surface area contributed by atoms with Crippen molar-refractivity contribution < 1.29 is 15.0 Å². The molecule has 1 aromatic carbocycles. The Bertz CT molecular complexity index is 761. The molecule has 220 valence electrons. The summed E-state index contributed by atoms with van der Waals surface area (Å²) in [5.74, 6) is -0.0597. The van der Waals surface area contributed by atoms with E-state index in [1.807, 2.05) is 0 Å². The van der Waals surface area contributed by atoms with Crippen LogP contribution in [0.3, 0.4) is 0 Å². The Morgan fingerprint density at radius 2 is 1.11 bits per heavy atom. The highest BCUT2D eigenvalue weighted by Crippen LogP contribution is 2.44. The molecule has 0 aliphatic heterocycles. The van der Waals surface area contributed by atoms with Crippen molar-refractivity contribution in [2.24, 2.45) is 5.92 Å². The van der Waals surface area contributed by atoms with Gasteiger partial charge in [-0.25, -0.2) is 0 Å². The number of carboxylic acids is 1. The summed E-state index contributed by atoms with van der Waals surface area (Å²) in [4.78, 5) is 12.0. The van der Waals surface area contributed by atoms with Crippen molar-refractivity contribution in [3.63, 3.8) is 0 Å². The highest BCUT2D eigenvalue weighted by molar-refractivity contribution is 5.68. The van der Waals surface area contributed by atoms with Crippen molar-refractivity contribution in [3.8, 4) is 5.75 Å². The van der Waals surface area contributed by atoms with Crippen molar-refractivity contribution in [1.29, 1.82) is 0 Å². The van der Waals surface area contributed by atoms with Crippen molar-refractivity contribution in [2.45, 2.75) is 175 Å². The molecule has 3 heteroatoms. The number of phenolic OH excluding ortho intramolecular Hbond substituents is 1. The van der Waals surface area contributed by atoms with E-state index in [1.54, 1.807) is 0 Å². The van der Waals surface area contributed by atoms with Crippen molar-refractivity contribution >= 4 is 5.97 Å². The Morgan fingerprint density at radius 3 is 1.45 bits per heavy atom. The Hall–Kier alpha value is -1.51. The quantitative estimate of drug-likeness (QED) is 0.175. The third kappa shape index (κ3) is 12.6.